The number of nitrogens with one attached hydrogen (secondary N) is 1. The van der Waals surface area contributed by atoms with E-state index in [-0.39, 0.29) is 30.0 Å². The molecule has 2 N–H and O–H groups in total. The average Bonchev–Trinajstić information content (AvgIpc) is 3.02. The van der Waals surface area contributed by atoms with E-state index in [0.717, 1.165) is 18.9 Å². The number of hydrogen-bond donors (Lipinski definition) is 2. The Hall–Kier alpha value is -4.94. The van der Waals surface area contributed by atoms with Gasteiger partial charge >= 0.3 is 12.1 Å². The predicted octanol–water partition coefficient (Wildman–Crippen LogP) is 6.80. The van der Waals surface area contributed by atoms with Crippen LogP contribution in [0.5, 0.6) is 11.5 Å². The minimum atomic E-state index is -4.74. The third kappa shape index (κ3) is 8.01. The summed E-state index contributed by atoms with van der Waals surface area (Å²) < 4.78 is 53.7. The Bertz CT molecular complexity index is 1680. The van der Waals surface area contributed by atoms with E-state index in [4.69, 9.17) is 9.47 Å². The highest BCUT2D eigenvalue weighted by Crippen LogP contribution is 2.33. The van der Waals surface area contributed by atoms with Crippen LogP contribution in [0.3, 0.4) is 0 Å². The van der Waals surface area contributed by atoms with Crippen LogP contribution in [-0.2, 0) is 17.4 Å². The first-order chi connectivity index (χ1) is 21.9. The van der Waals surface area contributed by atoms with Gasteiger partial charge in [0.25, 0.3) is 0 Å². The van der Waals surface area contributed by atoms with E-state index in [1.807, 2.05) is 36.1 Å². The summed E-state index contributed by atoms with van der Waals surface area (Å²) in [5, 5.41) is 12.3. The molecule has 0 bridgehead atoms. The Labute approximate surface area is 264 Å². The van der Waals surface area contributed by atoms with Gasteiger partial charge in [0.2, 0.25) is 5.95 Å². The summed E-state index contributed by atoms with van der Waals surface area (Å²) >= 11 is 0. The van der Waals surface area contributed by atoms with Gasteiger partial charge in [0.05, 0.1) is 36.7 Å². The number of piperidine rings is 1. The maximum absolute atomic E-state index is 13.9. The number of aromatic nitrogens is 4. The fourth-order valence-corrected chi connectivity index (χ4v) is 5.15. The second-order valence-electron chi connectivity index (χ2n) is 11.6. The van der Waals surface area contributed by atoms with Crippen molar-refractivity contribution in [3.8, 4) is 22.8 Å². The topological polar surface area (TPSA) is 123 Å². The van der Waals surface area contributed by atoms with E-state index in [1.54, 1.807) is 44.3 Å². The van der Waals surface area contributed by atoms with Gasteiger partial charge in [-0.15, -0.1) is 0 Å². The van der Waals surface area contributed by atoms with Gasteiger partial charge in [-0.25, -0.2) is 15.0 Å². The van der Waals surface area contributed by atoms with Crippen LogP contribution in [0.4, 0.5) is 30.8 Å². The van der Waals surface area contributed by atoms with Gasteiger partial charge < -0.3 is 24.8 Å². The van der Waals surface area contributed by atoms with Gasteiger partial charge in [-0.3, -0.25) is 9.78 Å². The molecule has 5 rings (SSSR count). The maximum atomic E-state index is 13.9. The summed E-state index contributed by atoms with van der Waals surface area (Å²) in [4.78, 5) is 30.6. The molecule has 1 fully saturated rings. The van der Waals surface area contributed by atoms with Crippen molar-refractivity contribution in [2.45, 2.75) is 52.3 Å². The summed E-state index contributed by atoms with van der Waals surface area (Å²) in [5.74, 6) is 0.742. The smallest absolute Gasteiger partial charge is 0.433 e. The van der Waals surface area contributed by atoms with Crippen LogP contribution in [-0.4, -0.2) is 56.8 Å². The van der Waals surface area contributed by atoms with Crippen molar-refractivity contribution in [2.24, 2.45) is 5.41 Å². The number of halogens is 3. The van der Waals surface area contributed by atoms with Crippen LogP contribution in [0.25, 0.3) is 11.3 Å². The molecule has 2 aromatic carbocycles. The van der Waals surface area contributed by atoms with Crippen molar-refractivity contribution < 1.29 is 32.5 Å². The Morgan fingerprint density at radius 1 is 1.04 bits per heavy atom. The van der Waals surface area contributed by atoms with Crippen molar-refractivity contribution in [3.05, 3.63) is 78.2 Å². The third-order valence-electron chi connectivity index (χ3n) is 7.47. The number of hydrogen-bond acceptors (Lipinski definition) is 9. The summed E-state index contributed by atoms with van der Waals surface area (Å²) in [6.07, 6.45) is -0.0554. The molecule has 0 amide bonds. The predicted molar refractivity (Wildman–Crippen MR) is 166 cm³/mol. The Morgan fingerprint density at radius 2 is 1.83 bits per heavy atom. The van der Waals surface area contributed by atoms with Gasteiger partial charge in [-0.2, -0.15) is 13.2 Å². The average molecular weight is 637 g/mol. The lowest BCUT2D eigenvalue weighted by Gasteiger charge is -2.33. The molecule has 1 unspecified atom stereocenters. The van der Waals surface area contributed by atoms with Gasteiger partial charge in [0, 0.05) is 12.1 Å². The van der Waals surface area contributed by atoms with Crippen LogP contribution in [0.2, 0.25) is 0 Å². The van der Waals surface area contributed by atoms with Crippen molar-refractivity contribution in [1.29, 1.82) is 0 Å². The molecule has 10 nitrogen and oxygen atoms in total. The highest BCUT2D eigenvalue weighted by Gasteiger charge is 2.34. The summed E-state index contributed by atoms with van der Waals surface area (Å²) in [7, 11) is 0. The van der Waals surface area contributed by atoms with Gasteiger partial charge in [-0.05, 0) is 69.9 Å². The van der Waals surface area contributed by atoms with Crippen molar-refractivity contribution in [2.75, 3.05) is 29.9 Å². The van der Waals surface area contributed by atoms with Gasteiger partial charge in [0.1, 0.15) is 11.9 Å². The molecule has 3 heterocycles. The van der Waals surface area contributed by atoms with Crippen LogP contribution in [0.15, 0.2) is 67.0 Å². The number of carboxylic acid groups (broad SMARTS) is 1. The van der Waals surface area contributed by atoms with Crippen LogP contribution in [0, 0.1) is 5.41 Å². The summed E-state index contributed by atoms with van der Waals surface area (Å²) in [6.45, 7) is 6.82. The zero-order chi connectivity index (χ0) is 32.9. The molecule has 1 aliphatic heterocycles. The molecule has 242 valence electrons. The largest absolute Gasteiger partial charge is 0.490 e. The molecule has 13 heteroatoms. The number of carbonyl (C=O) groups is 1. The highest BCUT2D eigenvalue weighted by molar-refractivity contribution is 5.74. The first kappa shape index (κ1) is 32.5. The monoisotopic (exact) mass is 636 g/mol. The zero-order valence-electron chi connectivity index (χ0n) is 25.7. The lowest BCUT2D eigenvalue weighted by atomic mass is 9.85. The normalized spacial score (nSPS) is 15.3. The molecule has 2 aromatic heterocycles. The van der Waals surface area contributed by atoms with Crippen LogP contribution < -0.4 is 19.7 Å². The summed E-state index contributed by atoms with van der Waals surface area (Å²) in [6, 6.07) is 15.0. The maximum Gasteiger partial charge on any atom is 0.433 e. The Morgan fingerprint density at radius 3 is 2.57 bits per heavy atom. The van der Waals surface area contributed by atoms with E-state index >= 15 is 0 Å². The Kier molecular flexibility index (Phi) is 9.59. The zero-order valence-corrected chi connectivity index (χ0v) is 25.7. The standard InChI is InChI=1S/C33H35F3N6O4/c1-4-45-25-12-5-6-13-26(25)46-23-11-8-14-42(20-23)29-19-37-18-28(40-29)41-31-38-24(16-27(39-31)33(34,35)36)22-10-7-9-21(15-22)17-32(2,3)30(43)44/h5-7,9-10,12-13,15-16,18-19,23H,4,8,11,14,17,20H2,1-3H3,(H,43,44)(H,38,39,40,41). The molecular weight excluding hydrogens is 601 g/mol. The number of rotatable bonds is 11. The molecule has 1 atom stereocenters. The first-order valence-electron chi connectivity index (χ1n) is 14.9. The van der Waals surface area contributed by atoms with E-state index in [9.17, 15) is 23.1 Å². The molecule has 0 aliphatic carbocycles. The SMILES string of the molecule is CCOc1ccccc1OC1CCCN(c2cncc(Nc3nc(-c4cccc(CC(C)(C)C(=O)O)c4)cc(C(F)(F)F)n3)n2)C1. The van der Waals surface area contributed by atoms with E-state index in [1.165, 1.54) is 6.20 Å². The highest BCUT2D eigenvalue weighted by atomic mass is 19.4. The van der Waals surface area contributed by atoms with Crippen LogP contribution in [0.1, 0.15) is 44.9 Å². The molecular formula is C33H35F3N6O4. The minimum absolute atomic E-state index is 0.0206. The number of aliphatic carboxylic acids is 1. The first-order valence-corrected chi connectivity index (χ1v) is 14.9. The molecule has 0 spiro atoms. The van der Waals surface area contributed by atoms with Crippen molar-refractivity contribution >= 4 is 23.6 Å². The number of nitrogens with zero attached hydrogens (tertiary/aromatic N) is 5. The van der Waals surface area contributed by atoms with E-state index in [0.29, 0.717) is 48.1 Å². The number of anilines is 3. The molecule has 0 radical (unpaired) electrons. The molecule has 1 saturated heterocycles. The van der Waals surface area contributed by atoms with Crippen molar-refractivity contribution in [3.63, 3.8) is 0 Å². The second kappa shape index (κ2) is 13.6. The minimum Gasteiger partial charge on any atom is -0.490 e. The molecule has 1 aliphatic rings. The second-order valence-corrected chi connectivity index (χ2v) is 11.6. The third-order valence-corrected chi connectivity index (χ3v) is 7.47. The number of ether oxygens (including phenoxy) is 2. The fraction of sp³-hybridized carbons (Fsp3) is 0.364. The van der Waals surface area contributed by atoms with E-state index in [2.05, 4.69) is 25.3 Å². The molecule has 4 aromatic rings. The summed E-state index contributed by atoms with van der Waals surface area (Å²) in [5.41, 5.74) is -1.14. The molecule has 0 saturated carbocycles. The fourth-order valence-electron chi connectivity index (χ4n) is 5.15. The number of alkyl halides is 3. The van der Waals surface area contributed by atoms with Crippen molar-refractivity contribution in [1.82, 2.24) is 19.9 Å². The van der Waals surface area contributed by atoms with Gasteiger partial charge in [0.15, 0.2) is 23.0 Å². The molecule has 46 heavy (non-hydrogen) atoms. The van der Waals surface area contributed by atoms with E-state index < -0.39 is 23.3 Å². The number of para-hydroxylation sites is 2. The van der Waals surface area contributed by atoms with Gasteiger partial charge in [-0.1, -0.05) is 30.3 Å². The number of carboxylic acids is 1. The van der Waals surface area contributed by atoms with Crippen LogP contribution >= 0.6 is 0 Å². The lowest BCUT2D eigenvalue weighted by Crippen LogP contribution is -2.41. The Balaban J connectivity index is 1.37. The number of benzene rings is 2. The lowest BCUT2D eigenvalue weighted by molar-refractivity contribution is -0.146. The quantitative estimate of drug-likeness (QED) is 0.182.